The summed E-state index contributed by atoms with van der Waals surface area (Å²) in [6.45, 7) is 1.34. The van der Waals surface area contributed by atoms with Gasteiger partial charge in [-0.05, 0) is 25.0 Å². The van der Waals surface area contributed by atoms with E-state index >= 15 is 0 Å². The summed E-state index contributed by atoms with van der Waals surface area (Å²) in [6.07, 6.45) is 5.93. The molecule has 6 heteroatoms. The molecular weight excluding hydrogens is 318 g/mol. The third-order valence-corrected chi connectivity index (χ3v) is 4.67. The van der Waals surface area contributed by atoms with E-state index in [9.17, 15) is 4.79 Å². The molecule has 0 spiro atoms. The van der Waals surface area contributed by atoms with Gasteiger partial charge in [-0.2, -0.15) is 5.10 Å². The van der Waals surface area contributed by atoms with Crippen LogP contribution in [-0.4, -0.2) is 29.3 Å². The van der Waals surface area contributed by atoms with Crippen LogP contribution in [0, 0.1) is 5.92 Å². The summed E-state index contributed by atoms with van der Waals surface area (Å²) in [6, 6.07) is 9.70. The maximum atomic E-state index is 12.3. The van der Waals surface area contributed by atoms with Crippen molar-refractivity contribution in [3.05, 3.63) is 54.0 Å². The molecule has 0 bridgehead atoms. The quantitative estimate of drug-likeness (QED) is 0.749. The maximum absolute atomic E-state index is 12.3. The van der Waals surface area contributed by atoms with E-state index in [0.29, 0.717) is 12.3 Å². The Morgan fingerprint density at radius 1 is 1.36 bits per heavy atom. The Morgan fingerprint density at radius 3 is 3.12 bits per heavy atom. The average Bonchev–Trinajstić information content (AvgIpc) is 3.29. The molecule has 3 aromatic rings. The van der Waals surface area contributed by atoms with Crippen LogP contribution in [0.5, 0.6) is 0 Å². The van der Waals surface area contributed by atoms with Crippen LogP contribution in [0.3, 0.4) is 0 Å². The minimum absolute atomic E-state index is 0.0148. The lowest BCUT2D eigenvalue weighted by molar-refractivity contribution is -0.121. The zero-order chi connectivity index (χ0) is 17.1. The van der Waals surface area contributed by atoms with Crippen molar-refractivity contribution in [2.75, 3.05) is 13.2 Å². The molecule has 2 aromatic heterocycles. The monoisotopic (exact) mass is 339 g/mol. The third kappa shape index (κ3) is 3.58. The minimum atomic E-state index is -0.0319. The normalized spacial score (nSPS) is 20.6. The standard InChI is InChI=1S/C19H21N3O3/c23-18(9-16-8-13-4-1-2-6-17(13)25-16)20-10-14-5-3-7-24-19(14)15-11-21-22-12-15/h1-2,4,6,8,11-12,14,19H,3,5,7,9-10H2,(H,20,23)(H,21,22)/t14-,19+/m0/s1. The van der Waals surface area contributed by atoms with Gasteiger partial charge in [-0.25, -0.2) is 0 Å². The van der Waals surface area contributed by atoms with Gasteiger partial charge in [0.2, 0.25) is 5.91 Å². The van der Waals surface area contributed by atoms with Crippen molar-refractivity contribution in [3.63, 3.8) is 0 Å². The summed E-state index contributed by atoms with van der Waals surface area (Å²) in [7, 11) is 0. The lowest BCUT2D eigenvalue weighted by Gasteiger charge is -2.31. The second kappa shape index (κ2) is 7.11. The molecule has 0 radical (unpaired) electrons. The van der Waals surface area contributed by atoms with Gasteiger partial charge in [0.15, 0.2) is 0 Å². The predicted octanol–water partition coefficient (Wildman–Crippen LogP) is 2.98. The molecule has 0 saturated carbocycles. The van der Waals surface area contributed by atoms with Gasteiger partial charge in [-0.15, -0.1) is 0 Å². The molecule has 1 amide bonds. The number of ether oxygens (including phenoxy) is 1. The van der Waals surface area contributed by atoms with E-state index in [0.717, 1.165) is 36.0 Å². The SMILES string of the molecule is O=C(Cc1cc2ccccc2o1)NC[C@@H]1CCCO[C@H]1c1cn[nH]c1. The van der Waals surface area contributed by atoms with E-state index in [-0.39, 0.29) is 24.3 Å². The third-order valence-electron chi connectivity index (χ3n) is 4.67. The van der Waals surface area contributed by atoms with E-state index in [1.54, 1.807) is 6.20 Å². The van der Waals surface area contributed by atoms with E-state index in [1.807, 2.05) is 36.5 Å². The number of rotatable bonds is 5. The zero-order valence-electron chi connectivity index (χ0n) is 13.9. The Kier molecular flexibility index (Phi) is 4.52. The number of nitrogens with zero attached hydrogens (tertiary/aromatic N) is 1. The van der Waals surface area contributed by atoms with Gasteiger partial charge in [0.05, 0.1) is 18.7 Å². The number of fused-ring (bicyclic) bond motifs is 1. The van der Waals surface area contributed by atoms with Gasteiger partial charge in [-0.1, -0.05) is 18.2 Å². The lowest BCUT2D eigenvalue weighted by atomic mass is 9.91. The van der Waals surface area contributed by atoms with Crippen molar-refractivity contribution in [2.45, 2.75) is 25.4 Å². The number of H-pyrrole nitrogens is 1. The molecule has 4 rings (SSSR count). The highest BCUT2D eigenvalue weighted by Gasteiger charge is 2.28. The predicted molar refractivity (Wildman–Crippen MR) is 92.9 cm³/mol. The van der Waals surface area contributed by atoms with E-state index in [1.165, 1.54) is 0 Å². The van der Waals surface area contributed by atoms with E-state index < -0.39 is 0 Å². The molecule has 0 aliphatic carbocycles. The van der Waals surface area contributed by atoms with Gasteiger partial charge in [0.25, 0.3) is 0 Å². The van der Waals surface area contributed by atoms with Crippen molar-refractivity contribution < 1.29 is 13.9 Å². The molecule has 1 saturated heterocycles. The first-order valence-electron chi connectivity index (χ1n) is 8.64. The second-order valence-electron chi connectivity index (χ2n) is 6.46. The van der Waals surface area contributed by atoms with E-state index in [2.05, 4.69) is 15.5 Å². The van der Waals surface area contributed by atoms with Crippen LogP contribution in [0.2, 0.25) is 0 Å². The van der Waals surface area contributed by atoms with Crippen molar-refractivity contribution in [1.29, 1.82) is 0 Å². The van der Waals surface area contributed by atoms with Crippen LogP contribution < -0.4 is 5.32 Å². The van der Waals surface area contributed by atoms with Crippen LogP contribution in [0.15, 0.2) is 47.1 Å². The molecule has 1 aromatic carbocycles. The fraction of sp³-hybridized carbons (Fsp3) is 0.368. The molecule has 1 aliphatic rings. The molecule has 0 unspecified atom stereocenters. The number of carbonyl (C=O) groups is 1. The first-order chi connectivity index (χ1) is 12.3. The van der Waals surface area contributed by atoms with Crippen molar-refractivity contribution in [1.82, 2.24) is 15.5 Å². The number of para-hydroxylation sites is 1. The topological polar surface area (TPSA) is 80.2 Å². The first kappa shape index (κ1) is 15.9. The van der Waals surface area contributed by atoms with Crippen LogP contribution in [0.25, 0.3) is 11.0 Å². The lowest BCUT2D eigenvalue weighted by Crippen LogP contribution is -2.35. The Labute approximate surface area is 145 Å². The van der Waals surface area contributed by atoms with Gasteiger partial charge in [0, 0.05) is 36.2 Å². The highest BCUT2D eigenvalue weighted by molar-refractivity contribution is 5.82. The number of aromatic nitrogens is 2. The molecule has 130 valence electrons. The summed E-state index contributed by atoms with van der Waals surface area (Å²) in [5.41, 5.74) is 1.85. The fourth-order valence-electron chi connectivity index (χ4n) is 3.43. The van der Waals surface area contributed by atoms with Crippen LogP contribution in [0.1, 0.15) is 30.3 Å². The second-order valence-corrected chi connectivity index (χ2v) is 6.46. The Balaban J connectivity index is 1.35. The van der Waals surface area contributed by atoms with Gasteiger partial charge >= 0.3 is 0 Å². The molecule has 6 nitrogen and oxygen atoms in total. The fourth-order valence-corrected chi connectivity index (χ4v) is 3.43. The minimum Gasteiger partial charge on any atom is -0.461 e. The van der Waals surface area contributed by atoms with Gasteiger partial charge in [-0.3, -0.25) is 9.89 Å². The van der Waals surface area contributed by atoms with Gasteiger partial charge < -0.3 is 14.5 Å². The number of carbonyl (C=O) groups excluding carboxylic acids is 1. The summed E-state index contributed by atoms with van der Waals surface area (Å²) in [5.74, 6) is 0.909. The summed E-state index contributed by atoms with van der Waals surface area (Å²) in [4.78, 5) is 12.3. The van der Waals surface area contributed by atoms with Crippen LogP contribution in [-0.2, 0) is 16.0 Å². The molecular formula is C19H21N3O3. The number of nitrogens with one attached hydrogen (secondary N) is 2. The Hall–Kier alpha value is -2.60. The molecule has 2 atom stereocenters. The molecule has 3 heterocycles. The number of benzene rings is 1. The molecule has 2 N–H and O–H groups in total. The number of hydrogen-bond acceptors (Lipinski definition) is 4. The summed E-state index contributed by atoms with van der Waals surface area (Å²) in [5, 5.41) is 10.9. The number of amides is 1. The first-order valence-corrected chi connectivity index (χ1v) is 8.64. The van der Waals surface area contributed by atoms with Crippen molar-refractivity contribution in [3.8, 4) is 0 Å². The van der Waals surface area contributed by atoms with Crippen molar-refractivity contribution in [2.24, 2.45) is 5.92 Å². The maximum Gasteiger partial charge on any atom is 0.227 e. The average molecular weight is 339 g/mol. The van der Waals surface area contributed by atoms with Crippen LogP contribution in [0.4, 0.5) is 0 Å². The molecule has 1 fully saturated rings. The summed E-state index contributed by atoms with van der Waals surface area (Å²) >= 11 is 0. The van der Waals surface area contributed by atoms with Crippen LogP contribution >= 0.6 is 0 Å². The Morgan fingerprint density at radius 2 is 2.28 bits per heavy atom. The molecule has 1 aliphatic heterocycles. The van der Waals surface area contributed by atoms with Gasteiger partial charge in [0.1, 0.15) is 11.3 Å². The molecule has 25 heavy (non-hydrogen) atoms. The Bertz CT molecular complexity index is 808. The van der Waals surface area contributed by atoms with E-state index in [4.69, 9.17) is 9.15 Å². The number of aromatic amines is 1. The summed E-state index contributed by atoms with van der Waals surface area (Å²) < 4.78 is 11.6. The highest BCUT2D eigenvalue weighted by Crippen LogP contribution is 2.32. The largest absolute Gasteiger partial charge is 0.461 e. The highest BCUT2D eigenvalue weighted by atomic mass is 16.5. The zero-order valence-corrected chi connectivity index (χ0v) is 13.9. The smallest absolute Gasteiger partial charge is 0.227 e. The number of furan rings is 1. The number of hydrogen-bond donors (Lipinski definition) is 2. The van der Waals surface area contributed by atoms with Crippen molar-refractivity contribution >= 4 is 16.9 Å².